The van der Waals surface area contributed by atoms with Crippen LogP contribution in [0.5, 0.6) is 0 Å². The van der Waals surface area contributed by atoms with E-state index in [1.165, 1.54) is 11.1 Å². The van der Waals surface area contributed by atoms with Crippen LogP contribution in [-0.2, 0) is 6.54 Å². The van der Waals surface area contributed by atoms with E-state index in [-0.39, 0.29) is 0 Å². The Hall–Kier alpha value is -1.61. The van der Waals surface area contributed by atoms with E-state index in [4.69, 9.17) is 0 Å². The Morgan fingerprint density at radius 2 is 2.18 bits per heavy atom. The molecule has 2 aromatic rings. The average Bonchev–Trinajstić information content (AvgIpc) is 2.64. The van der Waals surface area contributed by atoms with E-state index in [1.807, 2.05) is 25.1 Å². The van der Waals surface area contributed by atoms with E-state index in [0.717, 1.165) is 31.0 Å². The number of rotatable bonds is 5. The van der Waals surface area contributed by atoms with E-state index >= 15 is 0 Å². The summed E-state index contributed by atoms with van der Waals surface area (Å²) >= 11 is 0. The van der Waals surface area contributed by atoms with Crippen molar-refractivity contribution in [2.45, 2.75) is 20.4 Å². The van der Waals surface area contributed by atoms with E-state index in [9.17, 15) is 0 Å². The Bertz CT molecular complexity index is 525. The second kappa shape index (κ2) is 5.15. The molecule has 0 aliphatic heterocycles. The Balaban J connectivity index is 2.23. The third-order valence-electron chi connectivity index (χ3n) is 2.85. The van der Waals surface area contributed by atoms with Crippen molar-refractivity contribution in [2.75, 3.05) is 13.1 Å². The van der Waals surface area contributed by atoms with Crippen LogP contribution in [0.15, 0.2) is 36.4 Å². The molecule has 0 unspecified atom stereocenters. The molecule has 17 heavy (non-hydrogen) atoms. The number of fused-ring (bicyclic) bond motifs is 1. The van der Waals surface area contributed by atoms with E-state index in [2.05, 4.69) is 34.4 Å². The van der Waals surface area contributed by atoms with Crippen molar-refractivity contribution in [2.24, 2.45) is 0 Å². The molecule has 2 rings (SSSR count). The number of aromatic nitrogens is 2. The maximum Gasteiger partial charge on any atom is 0.107 e. The Labute approximate surface area is 102 Å². The summed E-state index contributed by atoms with van der Waals surface area (Å²) in [5, 5.41) is 3.29. The molecule has 0 aliphatic carbocycles. The van der Waals surface area contributed by atoms with Crippen LogP contribution in [0, 0.1) is 6.92 Å². The average molecular weight is 229 g/mol. The summed E-state index contributed by atoms with van der Waals surface area (Å²) in [6.45, 7) is 10.9. The molecule has 0 saturated heterocycles. The summed E-state index contributed by atoms with van der Waals surface area (Å²) < 4.78 is 2.22. The van der Waals surface area contributed by atoms with Crippen LogP contribution >= 0.6 is 0 Å². The number of hydrogen-bond donors (Lipinski definition) is 1. The first kappa shape index (κ1) is 11.9. The van der Waals surface area contributed by atoms with Gasteiger partial charge in [-0.15, -0.1) is 0 Å². The van der Waals surface area contributed by atoms with E-state index < -0.39 is 0 Å². The lowest BCUT2D eigenvalue weighted by atomic mass is 10.2. The maximum absolute atomic E-state index is 4.55. The van der Waals surface area contributed by atoms with Gasteiger partial charge in [-0.1, -0.05) is 25.6 Å². The first-order chi connectivity index (χ1) is 8.22. The summed E-state index contributed by atoms with van der Waals surface area (Å²) in [4.78, 5) is 4.55. The molecule has 1 N–H and O–H groups in total. The molecule has 1 aromatic carbocycles. The fraction of sp³-hybridized carbons (Fsp3) is 0.357. The van der Waals surface area contributed by atoms with Gasteiger partial charge in [0.05, 0.1) is 11.0 Å². The van der Waals surface area contributed by atoms with Crippen molar-refractivity contribution in [3.63, 3.8) is 0 Å². The molecule has 90 valence electrons. The summed E-state index contributed by atoms with van der Waals surface area (Å²) in [5.41, 5.74) is 3.42. The van der Waals surface area contributed by atoms with Gasteiger partial charge in [-0.2, -0.15) is 0 Å². The number of benzene rings is 1. The number of hydrogen-bond acceptors (Lipinski definition) is 2. The van der Waals surface area contributed by atoms with E-state index in [0.29, 0.717) is 0 Å². The standard InChI is InChI=1S/C14H19N3/c1-4-15-9-11(2)10-17-12(3)16-13-7-5-6-8-14(13)17/h5-8,15H,2,4,9-10H2,1,3H3. The van der Waals surface area contributed by atoms with Crippen LogP contribution in [0.2, 0.25) is 0 Å². The van der Waals surface area contributed by atoms with Gasteiger partial charge in [-0.25, -0.2) is 4.98 Å². The summed E-state index contributed by atoms with van der Waals surface area (Å²) in [6.07, 6.45) is 0. The zero-order chi connectivity index (χ0) is 12.3. The van der Waals surface area contributed by atoms with Gasteiger partial charge in [-0.3, -0.25) is 0 Å². The summed E-state index contributed by atoms with van der Waals surface area (Å²) in [7, 11) is 0. The zero-order valence-corrected chi connectivity index (χ0v) is 10.5. The van der Waals surface area contributed by atoms with Crippen molar-refractivity contribution < 1.29 is 0 Å². The van der Waals surface area contributed by atoms with Gasteiger partial charge < -0.3 is 9.88 Å². The van der Waals surface area contributed by atoms with Gasteiger partial charge in [0.15, 0.2) is 0 Å². The molecule has 0 aliphatic rings. The zero-order valence-electron chi connectivity index (χ0n) is 10.5. The lowest BCUT2D eigenvalue weighted by molar-refractivity contribution is 0.702. The van der Waals surface area contributed by atoms with Gasteiger partial charge in [0.1, 0.15) is 5.82 Å². The number of likely N-dealkylation sites (N-methyl/N-ethyl adjacent to an activating group) is 1. The third kappa shape index (κ3) is 2.56. The molecule has 0 amide bonds. The Morgan fingerprint density at radius 3 is 2.94 bits per heavy atom. The molecule has 0 spiro atoms. The van der Waals surface area contributed by atoms with Crippen LogP contribution in [0.4, 0.5) is 0 Å². The molecule has 0 bridgehead atoms. The SMILES string of the molecule is C=C(CNCC)Cn1c(C)nc2ccccc21. The van der Waals surface area contributed by atoms with Gasteiger partial charge in [0, 0.05) is 13.1 Å². The second-order valence-electron chi connectivity index (χ2n) is 4.26. The lowest BCUT2D eigenvalue weighted by Gasteiger charge is -2.10. The highest BCUT2D eigenvalue weighted by Gasteiger charge is 2.07. The smallest absolute Gasteiger partial charge is 0.107 e. The number of imidazole rings is 1. The van der Waals surface area contributed by atoms with Crippen LogP contribution in [0.1, 0.15) is 12.7 Å². The minimum absolute atomic E-state index is 0.833. The molecule has 0 saturated carbocycles. The minimum Gasteiger partial charge on any atom is -0.324 e. The maximum atomic E-state index is 4.55. The summed E-state index contributed by atoms with van der Waals surface area (Å²) in [5.74, 6) is 1.05. The van der Waals surface area contributed by atoms with Crippen LogP contribution in [0.3, 0.4) is 0 Å². The molecule has 1 heterocycles. The van der Waals surface area contributed by atoms with Crippen molar-refractivity contribution in [3.05, 3.63) is 42.2 Å². The monoisotopic (exact) mass is 229 g/mol. The molecule has 0 atom stereocenters. The largest absolute Gasteiger partial charge is 0.324 e. The first-order valence-electron chi connectivity index (χ1n) is 6.01. The van der Waals surface area contributed by atoms with Gasteiger partial charge in [0.2, 0.25) is 0 Å². The first-order valence-corrected chi connectivity index (χ1v) is 6.01. The quantitative estimate of drug-likeness (QED) is 0.798. The van der Waals surface area contributed by atoms with Crippen molar-refractivity contribution >= 4 is 11.0 Å². The topological polar surface area (TPSA) is 29.9 Å². The highest BCUT2D eigenvalue weighted by atomic mass is 15.1. The normalized spacial score (nSPS) is 10.9. The molecule has 3 heteroatoms. The minimum atomic E-state index is 0.833. The third-order valence-corrected chi connectivity index (χ3v) is 2.85. The van der Waals surface area contributed by atoms with Crippen LogP contribution in [-0.4, -0.2) is 22.6 Å². The Morgan fingerprint density at radius 1 is 1.41 bits per heavy atom. The number of para-hydroxylation sites is 2. The highest BCUT2D eigenvalue weighted by molar-refractivity contribution is 5.75. The Kier molecular flexibility index (Phi) is 3.59. The van der Waals surface area contributed by atoms with Gasteiger partial charge >= 0.3 is 0 Å². The predicted molar refractivity (Wildman–Crippen MR) is 72.2 cm³/mol. The predicted octanol–water partition coefficient (Wildman–Crippen LogP) is 2.51. The van der Waals surface area contributed by atoms with Crippen LogP contribution in [0.25, 0.3) is 11.0 Å². The van der Waals surface area contributed by atoms with Crippen molar-refractivity contribution in [1.82, 2.24) is 14.9 Å². The van der Waals surface area contributed by atoms with Gasteiger partial charge in [0.25, 0.3) is 0 Å². The lowest BCUT2D eigenvalue weighted by Crippen LogP contribution is -2.18. The molecular weight excluding hydrogens is 210 g/mol. The fourth-order valence-electron chi connectivity index (χ4n) is 1.98. The molecule has 0 fully saturated rings. The number of nitrogens with zero attached hydrogens (tertiary/aromatic N) is 2. The number of aryl methyl sites for hydroxylation is 1. The molecule has 0 radical (unpaired) electrons. The molecule has 1 aromatic heterocycles. The van der Waals surface area contributed by atoms with Crippen molar-refractivity contribution in [1.29, 1.82) is 0 Å². The van der Waals surface area contributed by atoms with Crippen LogP contribution < -0.4 is 5.32 Å². The molecular formula is C14H19N3. The van der Waals surface area contributed by atoms with Gasteiger partial charge in [-0.05, 0) is 31.2 Å². The second-order valence-corrected chi connectivity index (χ2v) is 4.26. The molecule has 3 nitrogen and oxygen atoms in total. The highest BCUT2D eigenvalue weighted by Crippen LogP contribution is 2.16. The number of nitrogens with one attached hydrogen (secondary N) is 1. The van der Waals surface area contributed by atoms with E-state index in [1.54, 1.807) is 0 Å². The van der Waals surface area contributed by atoms with Crippen molar-refractivity contribution in [3.8, 4) is 0 Å². The fourth-order valence-corrected chi connectivity index (χ4v) is 1.98. The summed E-state index contributed by atoms with van der Waals surface area (Å²) in [6, 6.07) is 8.22.